The lowest BCUT2D eigenvalue weighted by Crippen LogP contribution is -2.45. The summed E-state index contributed by atoms with van der Waals surface area (Å²) in [5.74, 6) is 0. The van der Waals surface area contributed by atoms with Gasteiger partial charge < -0.3 is 15.0 Å². The minimum atomic E-state index is -4.66. The fourth-order valence-electron chi connectivity index (χ4n) is 1.47. The summed E-state index contributed by atoms with van der Waals surface area (Å²) in [5.41, 5.74) is 0.190. The van der Waals surface area contributed by atoms with E-state index < -0.39 is 22.2 Å². The number of nitrogens with one attached hydrogen (secondary N) is 2. The molecule has 0 amide bonds. The molecule has 0 aliphatic rings. The minimum absolute atomic E-state index is 0.0595. The molecule has 0 radical (unpaired) electrons. The van der Waals surface area contributed by atoms with Crippen LogP contribution in [0.3, 0.4) is 0 Å². The highest BCUT2D eigenvalue weighted by Crippen LogP contribution is 2.22. The Kier molecular flexibility index (Phi) is 7.48. The predicted octanol–water partition coefficient (Wildman–Crippen LogP) is 1.19. The van der Waals surface area contributed by atoms with Gasteiger partial charge in [-0.05, 0) is 20.8 Å². The molecule has 21 heavy (non-hydrogen) atoms. The molecule has 0 rings (SSSR count). The Hall–Kier alpha value is -1.00. The first kappa shape index (κ1) is 20.0. The molecule has 0 fully saturated rings. The molecule has 0 aliphatic carbocycles. The molecule has 0 saturated carbocycles. The van der Waals surface area contributed by atoms with E-state index in [0.29, 0.717) is 6.61 Å². The normalized spacial score (nSPS) is 15.4. The van der Waals surface area contributed by atoms with E-state index in [4.69, 9.17) is 4.74 Å². The third-order valence-corrected chi connectivity index (χ3v) is 4.29. The van der Waals surface area contributed by atoms with Crippen LogP contribution in [0.25, 0.3) is 0 Å². The van der Waals surface area contributed by atoms with Gasteiger partial charge in [0.1, 0.15) is 12.8 Å². The number of sulfonamides is 1. The molecular formula is C11H22F3N3O3S. The fourth-order valence-corrected chi connectivity index (χ4v) is 3.14. The van der Waals surface area contributed by atoms with Crippen LogP contribution < -0.4 is 10.0 Å². The van der Waals surface area contributed by atoms with Crippen molar-refractivity contribution in [3.63, 3.8) is 0 Å². The Morgan fingerprint density at radius 3 is 2.24 bits per heavy atom. The van der Waals surface area contributed by atoms with Gasteiger partial charge in [-0.1, -0.05) is 0 Å². The largest absolute Gasteiger partial charge is 0.404 e. The summed E-state index contributed by atoms with van der Waals surface area (Å²) < 4.78 is 68.4. The SMILES string of the molecule is CCOCN/C(C)=C(/N(C)C)S(=O)(=O)NC(C)C(F)(F)F. The molecular weight excluding hydrogens is 311 g/mol. The standard InChI is InChI=1S/C11H22F3N3O3S/c1-6-20-7-15-8(2)10(17(4)5)21(18,19)16-9(3)11(12,13)14/h9,15-16H,6-7H2,1-5H3/b10-8-. The van der Waals surface area contributed by atoms with Crippen LogP contribution in [0, 0.1) is 0 Å². The second kappa shape index (κ2) is 7.85. The lowest BCUT2D eigenvalue weighted by molar-refractivity contribution is -0.147. The Balaban J connectivity index is 5.31. The van der Waals surface area contributed by atoms with Crippen molar-refractivity contribution in [2.24, 2.45) is 0 Å². The third-order valence-electron chi connectivity index (χ3n) is 2.45. The van der Waals surface area contributed by atoms with Crippen molar-refractivity contribution in [2.45, 2.75) is 33.0 Å². The highest BCUT2D eigenvalue weighted by atomic mass is 32.2. The van der Waals surface area contributed by atoms with Gasteiger partial charge in [0.05, 0.1) is 0 Å². The topological polar surface area (TPSA) is 70.7 Å². The molecule has 1 unspecified atom stereocenters. The monoisotopic (exact) mass is 333 g/mol. The molecule has 1 atom stereocenters. The van der Waals surface area contributed by atoms with Crippen LogP contribution in [0.15, 0.2) is 10.7 Å². The van der Waals surface area contributed by atoms with Gasteiger partial charge in [0.2, 0.25) is 0 Å². The van der Waals surface area contributed by atoms with Crippen molar-refractivity contribution in [2.75, 3.05) is 27.4 Å². The Morgan fingerprint density at radius 1 is 1.33 bits per heavy atom. The zero-order valence-electron chi connectivity index (χ0n) is 12.7. The van der Waals surface area contributed by atoms with Crippen LogP contribution in [0.5, 0.6) is 0 Å². The van der Waals surface area contributed by atoms with E-state index in [-0.39, 0.29) is 17.5 Å². The number of hydrogen-bond donors (Lipinski definition) is 2. The molecule has 0 bridgehead atoms. The summed E-state index contributed by atoms with van der Waals surface area (Å²) in [7, 11) is -1.46. The van der Waals surface area contributed by atoms with Gasteiger partial charge in [-0.25, -0.2) is 8.42 Å². The summed E-state index contributed by atoms with van der Waals surface area (Å²) in [4.78, 5) is 1.22. The van der Waals surface area contributed by atoms with Gasteiger partial charge in [0.15, 0.2) is 5.03 Å². The van der Waals surface area contributed by atoms with E-state index in [1.165, 1.54) is 25.9 Å². The average Bonchev–Trinajstić information content (AvgIpc) is 2.26. The number of halogens is 3. The smallest absolute Gasteiger partial charge is 0.366 e. The minimum Gasteiger partial charge on any atom is -0.366 e. The highest BCUT2D eigenvalue weighted by Gasteiger charge is 2.40. The average molecular weight is 333 g/mol. The van der Waals surface area contributed by atoms with E-state index >= 15 is 0 Å². The second-order valence-electron chi connectivity index (χ2n) is 4.52. The molecule has 0 heterocycles. The van der Waals surface area contributed by atoms with Crippen LogP contribution >= 0.6 is 0 Å². The van der Waals surface area contributed by atoms with Crippen molar-refractivity contribution in [1.29, 1.82) is 0 Å². The lowest BCUT2D eigenvalue weighted by Gasteiger charge is -2.24. The van der Waals surface area contributed by atoms with Gasteiger partial charge in [-0.15, -0.1) is 0 Å². The molecule has 0 aromatic rings. The number of alkyl halides is 3. The number of ether oxygens (including phenoxy) is 1. The third kappa shape index (κ3) is 6.53. The quantitative estimate of drug-likeness (QED) is 0.516. The van der Waals surface area contributed by atoms with Gasteiger partial charge in [-0.2, -0.15) is 17.9 Å². The van der Waals surface area contributed by atoms with Crippen LogP contribution in [0.2, 0.25) is 0 Å². The molecule has 126 valence electrons. The van der Waals surface area contributed by atoms with Crippen molar-refractivity contribution in [1.82, 2.24) is 14.9 Å². The molecule has 0 aromatic carbocycles. The zero-order chi connectivity index (χ0) is 16.8. The highest BCUT2D eigenvalue weighted by molar-refractivity contribution is 7.93. The maximum absolute atomic E-state index is 12.5. The van der Waals surface area contributed by atoms with Crippen LogP contribution in [0.1, 0.15) is 20.8 Å². The van der Waals surface area contributed by atoms with Crippen LogP contribution in [0.4, 0.5) is 13.2 Å². The first-order valence-electron chi connectivity index (χ1n) is 6.22. The zero-order valence-corrected chi connectivity index (χ0v) is 13.5. The molecule has 0 spiro atoms. The van der Waals surface area contributed by atoms with E-state index in [2.05, 4.69) is 5.32 Å². The maximum Gasteiger partial charge on any atom is 0.404 e. The first-order chi connectivity index (χ1) is 9.43. The Morgan fingerprint density at radius 2 is 1.86 bits per heavy atom. The lowest BCUT2D eigenvalue weighted by atomic mass is 10.4. The molecule has 6 nitrogen and oxygen atoms in total. The van der Waals surface area contributed by atoms with Gasteiger partial charge in [-0.3, -0.25) is 0 Å². The number of hydrogen-bond acceptors (Lipinski definition) is 5. The van der Waals surface area contributed by atoms with Gasteiger partial charge >= 0.3 is 6.18 Å². The Bertz CT molecular complexity index is 461. The molecule has 0 saturated heterocycles. The number of rotatable bonds is 8. The molecule has 0 aromatic heterocycles. The molecule has 10 heteroatoms. The van der Waals surface area contributed by atoms with Crippen molar-refractivity contribution in [3.05, 3.63) is 10.7 Å². The van der Waals surface area contributed by atoms with Crippen molar-refractivity contribution in [3.8, 4) is 0 Å². The Labute approximate surface area is 123 Å². The molecule has 2 N–H and O–H groups in total. The van der Waals surface area contributed by atoms with E-state index in [0.717, 1.165) is 6.92 Å². The number of allylic oxidation sites excluding steroid dienone is 1. The summed E-state index contributed by atoms with van der Waals surface area (Å²) in [5, 5.41) is 2.42. The van der Waals surface area contributed by atoms with Gasteiger partial charge in [0, 0.05) is 26.4 Å². The predicted molar refractivity (Wildman–Crippen MR) is 73.6 cm³/mol. The fraction of sp³-hybridized carbons (Fsp3) is 0.818. The van der Waals surface area contributed by atoms with Crippen LogP contribution in [-0.4, -0.2) is 53.0 Å². The van der Waals surface area contributed by atoms with Crippen molar-refractivity contribution >= 4 is 10.0 Å². The maximum atomic E-state index is 12.5. The van der Waals surface area contributed by atoms with Crippen molar-refractivity contribution < 1.29 is 26.3 Å². The first-order valence-corrected chi connectivity index (χ1v) is 7.70. The van der Waals surface area contributed by atoms with E-state index in [1.807, 2.05) is 0 Å². The second-order valence-corrected chi connectivity index (χ2v) is 6.15. The summed E-state index contributed by atoms with van der Waals surface area (Å²) in [6.07, 6.45) is -4.66. The summed E-state index contributed by atoms with van der Waals surface area (Å²) in [6, 6.07) is -2.18. The summed E-state index contributed by atoms with van der Waals surface area (Å²) in [6.45, 7) is 4.44. The summed E-state index contributed by atoms with van der Waals surface area (Å²) >= 11 is 0. The molecule has 0 aliphatic heterocycles. The van der Waals surface area contributed by atoms with Crippen LogP contribution in [-0.2, 0) is 14.8 Å². The number of nitrogens with zero attached hydrogens (tertiary/aromatic N) is 1. The van der Waals surface area contributed by atoms with E-state index in [9.17, 15) is 21.6 Å². The van der Waals surface area contributed by atoms with Gasteiger partial charge in [0.25, 0.3) is 10.0 Å². The van der Waals surface area contributed by atoms with E-state index in [1.54, 1.807) is 11.6 Å².